The standard InChI is InChI=1S/C9H7BrN2S/c10-7-4-2-1-3-6(7)9-12-5-8(11)13-9/h1-5H,11H2. The summed E-state index contributed by atoms with van der Waals surface area (Å²) in [5.41, 5.74) is 6.69. The predicted octanol–water partition coefficient (Wildman–Crippen LogP) is 3.15. The maximum absolute atomic E-state index is 5.61. The third-order valence-electron chi connectivity index (χ3n) is 1.63. The molecule has 0 amide bonds. The van der Waals surface area contributed by atoms with Crippen molar-refractivity contribution in [3.05, 3.63) is 34.9 Å². The number of halogens is 1. The molecule has 0 aliphatic carbocycles. The predicted molar refractivity (Wildman–Crippen MR) is 59.7 cm³/mol. The second kappa shape index (κ2) is 3.47. The number of hydrogen-bond acceptors (Lipinski definition) is 3. The zero-order valence-corrected chi connectivity index (χ0v) is 9.10. The number of rotatable bonds is 1. The van der Waals surface area contributed by atoms with E-state index in [1.165, 1.54) is 11.3 Å². The summed E-state index contributed by atoms with van der Waals surface area (Å²) >= 11 is 4.96. The second-order valence-electron chi connectivity index (χ2n) is 2.55. The number of nitrogens with two attached hydrogens (primary N) is 1. The maximum Gasteiger partial charge on any atom is 0.126 e. The van der Waals surface area contributed by atoms with Crippen molar-refractivity contribution in [2.75, 3.05) is 5.73 Å². The number of anilines is 1. The third-order valence-corrected chi connectivity index (χ3v) is 3.18. The fraction of sp³-hybridized carbons (Fsp3) is 0. The Kier molecular flexibility index (Phi) is 2.33. The van der Waals surface area contributed by atoms with Crippen molar-refractivity contribution in [2.45, 2.75) is 0 Å². The van der Waals surface area contributed by atoms with Crippen molar-refractivity contribution < 1.29 is 0 Å². The van der Waals surface area contributed by atoms with E-state index in [0.717, 1.165) is 20.0 Å². The second-order valence-corrected chi connectivity index (χ2v) is 4.46. The molecule has 1 aromatic carbocycles. The van der Waals surface area contributed by atoms with Crippen molar-refractivity contribution in [3.63, 3.8) is 0 Å². The number of thiazole rings is 1. The fourth-order valence-corrected chi connectivity index (χ4v) is 2.37. The van der Waals surface area contributed by atoms with E-state index in [4.69, 9.17) is 5.73 Å². The van der Waals surface area contributed by atoms with Crippen LogP contribution in [0.3, 0.4) is 0 Å². The van der Waals surface area contributed by atoms with Crippen LogP contribution in [0, 0.1) is 0 Å². The van der Waals surface area contributed by atoms with E-state index >= 15 is 0 Å². The first-order valence-corrected chi connectivity index (χ1v) is 5.34. The van der Waals surface area contributed by atoms with E-state index in [1.807, 2.05) is 24.3 Å². The lowest BCUT2D eigenvalue weighted by Crippen LogP contribution is -1.75. The van der Waals surface area contributed by atoms with Gasteiger partial charge >= 0.3 is 0 Å². The van der Waals surface area contributed by atoms with E-state index in [-0.39, 0.29) is 0 Å². The molecule has 4 heteroatoms. The Balaban J connectivity index is 2.52. The molecular weight excluding hydrogens is 248 g/mol. The van der Waals surface area contributed by atoms with E-state index in [1.54, 1.807) is 6.20 Å². The molecule has 0 saturated carbocycles. The average Bonchev–Trinajstić information content (AvgIpc) is 2.53. The molecule has 13 heavy (non-hydrogen) atoms. The molecule has 1 aromatic heterocycles. The Bertz CT molecular complexity index is 425. The van der Waals surface area contributed by atoms with Crippen LogP contribution in [0.15, 0.2) is 34.9 Å². The molecule has 0 spiro atoms. The quantitative estimate of drug-likeness (QED) is 0.850. The molecule has 0 aliphatic rings. The minimum atomic E-state index is 0.741. The van der Waals surface area contributed by atoms with Gasteiger partial charge in [0.2, 0.25) is 0 Å². The molecule has 0 atom stereocenters. The van der Waals surface area contributed by atoms with Gasteiger partial charge in [0.15, 0.2) is 0 Å². The molecule has 2 nitrogen and oxygen atoms in total. The van der Waals surface area contributed by atoms with Gasteiger partial charge in [-0.25, -0.2) is 4.98 Å². The van der Waals surface area contributed by atoms with Gasteiger partial charge in [0.05, 0.1) is 6.20 Å². The number of nitrogen functional groups attached to an aromatic ring is 1. The van der Waals surface area contributed by atoms with Crippen molar-refractivity contribution in [3.8, 4) is 10.6 Å². The minimum Gasteiger partial charge on any atom is -0.389 e. The molecule has 2 aromatic rings. The zero-order chi connectivity index (χ0) is 9.26. The topological polar surface area (TPSA) is 38.9 Å². The summed E-state index contributed by atoms with van der Waals surface area (Å²) in [5, 5.41) is 1.69. The monoisotopic (exact) mass is 254 g/mol. The highest BCUT2D eigenvalue weighted by Gasteiger charge is 2.05. The molecule has 2 N–H and O–H groups in total. The molecule has 0 aliphatic heterocycles. The van der Waals surface area contributed by atoms with E-state index < -0.39 is 0 Å². The Morgan fingerprint density at radius 3 is 2.69 bits per heavy atom. The smallest absolute Gasteiger partial charge is 0.126 e. The number of nitrogens with zero attached hydrogens (tertiary/aromatic N) is 1. The summed E-state index contributed by atoms with van der Waals surface area (Å²) in [7, 11) is 0. The SMILES string of the molecule is Nc1cnc(-c2ccccc2Br)s1. The van der Waals surface area contributed by atoms with Gasteiger partial charge in [-0.1, -0.05) is 45.5 Å². The van der Waals surface area contributed by atoms with Crippen LogP contribution in [0.2, 0.25) is 0 Å². The van der Waals surface area contributed by atoms with Crippen LogP contribution >= 0.6 is 27.3 Å². The summed E-state index contributed by atoms with van der Waals surface area (Å²) in [4.78, 5) is 4.21. The molecule has 66 valence electrons. The number of hydrogen-bond donors (Lipinski definition) is 1. The highest BCUT2D eigenvalue weighted by molar-refractivity contribution is 9.10. The highest BCUT2D eigenvalue weighted by Crippen LogP contribution is 2.31. The van der Waals surface area contributed by atoms with Gasteiger partial charge in [-0.2, -0.15) is 0 Å². The van der Waals surface area contributed by atoms with E-state index in [9.17, 15) is 0 Å². The van der Waals surface area contributed by atoms with Gasteiger partial charge in [0.1, 0.15) is 10.0 Å². The molecule has 1 heterocycles. The van der Waals surface area contributed by atoms with Gasteiger partial charge in [-0.05, 0) is 6.07 Å². The van der Waals surface area contributed by atoms with E-state index in [2.05, 4.69) is 20.9 Å². The lowest BCUT2D eigenvalue weighted by molar-refractivity contribution is 1.41. The van der Waals surface area contributed by atoms with Crippen molar-refractivity contribution in [1.29, 1.82) is 0 Å². The van der Waals surface area contributed by atoms with Crippen LogP contribution in [0.4, 0.5) is 5.00 Å². The first-order valence-electron chi connectivity index (χ1n) is 3.73. The average molecular weight is 255 g/mol. The molecule has 2 rings (SSSR count). The first-order chi connectivity index (χ1) is 6.27. The lowest BCUT2D eigenvalue weighted by Gasteiger charge is -1.97. The normalized spacial score (nSPS) is 10.2. The van der Waals surface area contributed by atoms with Crippen molar-refractivity contribution in [1.82, 2.24) is 4.98 Å². The van der Waals surface area contributed by atoms with Crippen LogP contribution < -0.4 is 5.73 Å². The molecule has 0 radical (unpaired) electrons. The number of aromatic nitrogens is 1. The zero-order valence-electron chi connectivity index (χ0n) is 6.70. The Morgan fingerprint density at radius 2 is 2.08 bits per heavy atom. The third kappa shape index (κ3) is 1.73. The molecule has 0 fully saturated rings. The molecular formula is C9H7BrN2S. The van der Waals surface area contributed by atoms with Crippen molar-refractivity contribution >= 4 is 32.3 Å². The van der Waals surface area contributed by atoms with Crippen LogP contribution in [0.5, 0.6) is 0 Å². The van der Waals surface area contributed by atoms with Crippen LogP contribution in [-0.4, -0.2) is 4.98 Å². The summed E-state index contributed by atoms with van der Waals surface area (Å²) in [5.74, 6) is 0. The summed E-state index contributed by atoms with van der Waals surface area (Å²) in [6.45, 7) is 0. The first kappa shape index (κ1) is 8.72. The molecule has 0 saturated heterocycles. The van der Waals surface area contributed by atoms with Gasteiger partial charge < -0.3 is 5.73 Å². The fourth-order valence-electron chi connectivity index (χ4n) is 1.05. The maximum atomic E-state index is 5.61. The largest absolute Gasteiger partial charge is 0.389 e. The molecule has 0 bridgehead atoms. The van der Waals surface area contributed by atoms with Crippen LogP contribution in [-0.2, 0) is 0 Å². The Labute approximate surface area is 88.6 Å². The van der Waals surface area contributed by atoms with Crippen LogP contribution in [0.25, 0.3) is 10.6 Å². The van der Waals surface area contributed by atoms with Gasteiger partial charge in [-0.15, -0.1) is 0 Å². The highest BCUT2D eigenvalue weighted by atomic mass is 79.9. The summed E-state index contributed by atoms with van der Waals surface area (Å²) in [6, 6.07) is 7.97. The van der Waals surface area contributed by atoms with Gasteiger partial charge in [0.25, 0.3) is 0 Å². The summed E-state index contributed by atoms with van der Waals surface area (Å²) < 4.78 is 1.05. The minimum absolute atomic E-state index is 0.741. The summed E-state index contributed by atoms with van der Waals surface area (Å²) in [6.07, 6.45) is 1.68. The van der Waals surface area contributed by atoms with Crippen LogP contribution in [0.1, 0.15) is 0 Å². The number of benzene rings is 1. The van der Waals surface area contributed by atoms with Gasteiger partial charge in [0, 0.05) is 10.0 Å². The van der Waals surface area contributed by atoms with Gasteiger partial charge in [-0.3, -0.25) is 0 Å². The van der Waals surface area contributed by atoms with E-state index in [0.29, 0.717) is 0 Å². The van der Waals surface area contributed by atoms with Crippen molar-refractivity contribution in [2.24, 2.45) is 0 Å². The Hall–Kier alpha value is -0.870. The Morgan fingerprint density at radius 1 is 1.31 bits per heavy atom. The lowest BCUT2D eigenvalue weighted by atomic mass is 10.2. The molecule has 0 unspecified atom stereocenters.